The summed E-state index contributed by atoms with van der Waals surface area (Å²) in [4.78, 5) is 0. The number of halogens is 1. The Kier molecular flexibility index (Phi) is 2.75. The molecule has 0 unspecified atom stereocenters. The smallest absolute Gasteiger partial charge is 0.0926 e. The van der Waals surface area contributed by atoms with Gasteiger partial charge in [-0.2, -0.15) is 5.10 Å². The van der Waals surface area contributed by atoms with Crippen molar-refractivity contribution in [3.05, 3.63) is 41.0 Å². The van der Waals surface area contributed by atoms with E-state index in [0.29, 0.717) is 11.6 Å². The van der Waals surface area contributed by atoms with Crippen LogP contribution in [0.5, 0.6) is 0 Å². The van der Waals surface area contributed by atoms with Crippen LogP contribution in [0.3, 0.4) is 0 Å². The summed E-state index contributed by atoms with van der Waals surface area (Å²) in [5, 5.41) is 5.04. The van der Waals surface area contributed by atoms with Crippen molar-refractivity contribution in [1.29, 1.82) is 0 Å². The number of aryl methyl sites for hydroxylation is 1. The summed E-state index contributed by atoms with van der Waals surface area (Å²) in [5.41, 5.74) is 8.65. The number of aromatic nitrogens is 2. The van der Waals surface area contributed by atoms with Crippen LogP contribution in [0, 0.1) is 0 Å². The molecule has 3 nitrogen and oxygen atoms in total. The van der Waals surface area contributed by atoms with E-state index < -0.39 is 0 Å². The zero-order valence-electron chi connectivity index (χ0n) is 8.44. The van der Waals surface area contributed by atoms with Crippen molar-refractivity contribution in [3.8, 4) is 11.3 Å². The minimum Gasteiger partial charge on any atom is -0.326 e. The Morgan fingerprint density at radius 1 is 1.40 bits per heavy atom. The summed E-state index contributed by atoms with van der Waals surface area (Å²) < 4.78 is 1.77. The van der Waals surface area contributed by atoms with Crippen LogP contribution in [0.2, 0.25) is 5.02 Å². The third kappa shape index (κ3) is 2.03. The highest BCUT2D eigenvalue weighted by Gasteiger charge is 2.06. The van der Waals surface area contributed by atoms with Crippen molar-refractivity contribution in [3.63, 3.8) is 0 Å². The Bertz CT molecular complexity index is 476. The lowest BCUT2D eigenvalue weighted by atomic mass is 10.1. The molecule has 0 aliphatic rings. The van der Waals surface area contributed by atoms with Crippen LogP contribution in [0.4, 0.5) is 0 Å². The van der Waals surface area contributed by atoms with Crippen molar-refractivity contribution in [1.82, 2.24) is 9.78 Å². The molecular formula is C11H12ClN3. The molecular weight excluding hydrogens is 210 g/mol. The molecule has 0 fully saturated rings. The first-order valence-corrected chi connectivity index (χ1v) is 5.07. The molecule has 78 valence electrons. The molecule has 0 aliphatic heterocycles. The van der Waals surface area contributed by atoms with Gasteiger partial charge in [0, 0.05) is 30.4 Å². The van der Waals surface area contributed by atoms with Crippen LogP contribution in [0.15, 0.2) is 30.5 Å². The predicted octanol–water partition coefficient (Wildman–Crippen LogP) is 2.20. The van der Waals surface area contributed by atoms with Crippen LogP contribution < -0.4 is 5.73 Å². The number of rotatable bonds is 2. The predicted molar refractivity (Wildman–Crippen MR) is 61.5 cm³/mol. The molecule has 2 aromatic rings. The van der Waals surface area contributed by atoms with Gasteiger partial charge in [-0.15, -0.1) is 0 Å². The molecule has 0 spiro atoms. The molecule has 0 amide bonds. The fraction of sp³-hybridized carbons (Fsp3) is 0.182. The van der Waals surface area contributed by atoms with Gasteiger partial charge in [0.05, 0.1) is 5.69 Å². The first-order chi connectivity index (χ1) is 7.20. The number of hydrogen-bond acceptors (Lipinski definition) is 2. The molecule has 1 heterocycles. The van der Waals surface area contributed by atoms with Crippen molar-refractivity contribution in [2.75, 3.05) is 0 Å². The number of nitrogens with zero attached hydrogens (tertiary/aromatic N) is 2. The van der Waals surface area contributed by atoms with E-state index >= 15 is 0 Å². The normalized spacial score (nSPS) is 10.6. The summed E-state index contributed by atoms with van der Waals surface area (Å²) in [6.07, 6.45) is 1.91. The highest BCUT2D eigenvalue weighted by molar-refractivity contribution is 6.30. The zero-order chi connectivity index (χ0) is 10.8. The van der Waals surface area contributed by atoms with Gasteiger partial charge in [0.2, 0.25) is 0 Å². The second-order valence-corrected chi connectivity index (χ2v) is 3.82. The summed E-state index contributed by atoms with van der Waals surface area (Å²) in [6, 6.07) is 7.64. The average Bonchev–Trinajstić information content (AvgIpc) is 2.64. The molecule has 0 radical (unpaired) electrons. The largest absolute Gasteiger partial charge is 0.326 e. The monoisotopic (exact) mass is 221 g/mol. The van der Waals surface area contributed by atoms with Gasteiger partial charge < -0.3 is 5.73 Å². The van der Waals surface area contributed by atoms with E-state index in [1.165, 1.54) is 0 Å². The van der Waals surface area contributed by atoms with E-state index in [1.54, 1.807) is 4.68 Å². The summed E-state index contributed by atoms with van der Waals surface area (Å²) >= 11 is 5.91. The maximum atomic E-state index is 5.91. The molecule has 0 saturated heterocycles. The van der Waals surface area contributed by atoms with Crippen LogP contribution in [-0.4, -0.2) is 9.78 Å². The topological polar surface area (TPSA) is 43.8 Å². The van der Waals surface area contributed by atoms with E-state index in [1.807, 2.05) is 37.5 Å². The van der Waals surface area contributed by atoms with Gasteiger partial charge in [-0.1, -0.05) is 17.7 Å². The van der Waals surface area contributed by atoms with Gasteiger partial charge in [-0.3, -0.25) is 4.68 Å². The molecule has 1 aromatic carbocycles. The molecule has 15 heavy (non-hydrogen) atoms. The molecule has 0 bridgehead atoms. The molecule has 0 aliphatic carbocycles. The summed E-state index contributed by atoms with van der Waals surface area (Å²) in [5.74, 6) is 0. The molecule has 4 heteroatoms. The van der Waals surface area contributed by atoms with Gasteiger partial charge in [0.1, 0.15) is 0 Å². The number of benzene rings is 1. The van der Waals surface area contributed by atoms with Gasteiger partial charge in [-0.05, 0) is 23.8 Å². The highest BCUT2D eigenvalue weighted by atomic mass is 35.5. The summed E-state index contributed by atoms with van der Waals surface area (Å²) in [6.45, 7) is 0.465. The minimum atomic E-state index is 0.465. The van der Waals surface area contributed by atoms with Crippen LogP contribution in [-0.2, 0) is 13.6 Å². The average molecular weight is 222 g/mol. The SMILES string of the molecule is Cn1ccc(-c2ccc(Cl)cc2CN)n1. The van der Waals surface area contributed by atoms with Gasteiger partial charge >= 0.3 is 0 Å². The molecule has 0 saturated carbocycles. The molecule has 0 atom stereocenters. The fourth-order valence-electron chi connectivity index (χ4n) is 1.54. The Hall–Kier alpha value is -1.32. The third-order valence-electron chi connectivity index (χ3n) is 2.28. The van der Waals surface area contributed by atoms with Crippen molar-refractivity contribution < 1.29 is 0 Å². The standard InChI is InChI=1S/C11H12ClN3/c1-15-5-4-11(14-15)10-3-2-9(12)6-8(10)7-13/h2-6H,7,13H2,1H3. The van der Waals surface area contributed by atoms with E-state index in [9.17, 15) is 0 Å². The van der Waals surface area contributed by atoms with E-state index in [-0.39, 0.29) is 0 Å². The van der Waals surface area contributed by atoms with Crippen molar-refractivity contribution in [2.45, 2.75) is 6.54 Å². The van der Waals surface area contributed by atoms with E-state index in [4.69, 9.17) is 17.3 Å². The summed E-state index contributed by atoms with van der Waals surface area (Å²) in [7, 11) is 1.89. The first-order valence-electron chi connectivity index (χ1n) is 4.69. The lowest BCUT2D eigenvalue weighted by Crippen LogP contribution is -1.99. The first kappa shape index (κ1) is 10.2. The second kappa shape index (κ2) is 4.04. The lowest BCUT2D eigenvalue weighted by Gasteiger charge is -2.05. The van der Waals surface area contributed by atoms with Crippen LogP contribution in [0.25, 0.3) is 11.3 Å². The molecule has 2 N–H and O–H groups in total. The van der Waals surface area contributed by atoms with Gasteiger partial charge in [0.15, 0.2) is 0 Å². The Labute approximate surface area is 93.5 Å². The van der Waals surface area contributed by atoms with Crippen LogP contribution in [0.1, 0.15) is 5.56 Å². The fourth-order valence-corrected chi connectivity index (χ4v) is 1.73. The van der Waals surface area contributed by atoms with Crippen molar-refractivity contribution >= 4 is 11.6 Å². The second-order valence-electron chi connectivity index (χ2n) is 3.38. The minimum absolute atomic E-state index is 0.465. The Balaban J connectivity index is 2.52. The maximum Gasteiger partial charge on any atom is 0.0926 e. The van der Waals surface area contributed by atoms with Crippen molar-refractivity contribution in [2.24, 2.45) is 12.8 Å². The number of hydrogen-bond donors (Lipinski definition) is 1. The molecule has 2 rings (SSSR count). The quantitative estimate of drug-likeness (QED) is 0.845. The Morgan fingerprint density at radius 2 is 2.20 bits per heavy atom. The number of nitrogens with two attached hydrogens (primary N) is 1. The van der Waals surface area contributed by atoms with Crippen LogP contribution >= 0.6 is 11.6 Å². The zero-order valence-corrected chi connectivity index (χ0v) is 9.20. The maximum absolute atomic E-state index is 5.91. The van der Waals surface area contributed by atoms with E-state index in [2.05, 4.69) is 5.10 Å². The highest BCUT2D eigenvalue weighted by Crippen LogP contribution is 2.24. The van der Waals surface area contributed by atoms with E-state index in [0.717, 1.165) is 16.8 Å². The lowest BCUT2D eigenvalue weighted by molar-refractivity contribution is 0.770. The van der Waals surface area contributed by atoms with Gasteiger partial charge in [-0.25, -0.2) is 0 Å². The Morgan fingerprint density at radius 3 is 2.80 bits per heavy atom. The van der Waals surface area contributed by atoms with Gasteiger partial charge in [0.25, 0.3) is 0 Å². The molecule has 1 aromatic heterocycles. The third-order valence-corrected chi connectivity index (χ3v) is 2.51.